The highest BCUT2D eigenvalue weighted by molar-refractivity contribution is 5.53. The second kappa shape index (κ2) is 10.7. The van der Waals surface area contributed by atoms with Crippen LogP contribution in [-0.4, -0.2) is 18.1 Å². The fourth-order valence-corrected chi connectivity index (χ4v) is 4.06. The first kappa shape index (κ1) is 23.2. The molecule has 0 saturated heterocycles. The van der Waals surface area contributed by atoms with E-state index in [1.165, 1.54) is 16.7 Å². The molecule has 2 aromatic carbocycles. The standard InChI is InChI=1S/C27H35N5/c1-4-13-32(19-29)27-7-5-6-23(16-27)21(3)24(17-28)9-8-20(2)31-14-12-22-10-11-26(30)15-25(22)18-31/h4-11,13,15-17,21H,2,12,14,18-19,28-30H2,1,3H3/b9-8+,13-4-,24-17+. The predicted molar refractivity (Wildman–Crippen MR) is 137 cm³/mol. The molecule has 5 heteroatoms. The molecule has 1 atom stereocenters. The molecule has 6 N–H and O–H groups in total. The number of hydrogen-bond donors (Lipinski definition) is 3. The molecule has 0 spiro atoms. The van der Waals surface area contributed by atoms with E-state index in [9.17, 15) is 0 Å². The van der Waals surface area contributed by atoms with Crippen molar-refractivity contribution in [2.75, 3.05) is 23.8 Å². The van der Waals surface area contributed by atoms with E-state index >= 15 is 0 Å². The van der Waals surface area contributed by atoms with Crippen LogP contribution in [0.2, 0.25) is 0 Å². The van der Waals surface area contributed by atoms with E-state index in [-0.39, 0.29) is 5.92 Å². The van der Waals surface area contributed by atoms with E-state index < -0.39 is 0 Å². The summed E-state index contributed by atoms with van der Waals surface area (Å²) in [7, 11) is 0. The number of fused-ring (bicyclic) bond motifs is 1. The topological polar surface area (TPSA) is 84.5 Å². The lowest BCUT2D eigenvalue weighted by Crippen LogP contribution is -2.29. The molecule has 0 saturated carbocycles. The van der Waals surface area contributed by atoms with Gasteiger partial charge < -0.3 is 27.0 Å². The maximum atomic E-state index is 6.02. The summed E-state index contributed by atoms with van der Waals surface area (Å²) in [5.74, 6) is 0.135. The normalized spacial score (nSPS) is 15.2. The van der Waals surface area contributed by atoms with Gasteiger partial charge in [-0.25, -0.2) is 0 Å². The zero-order valence-electron chi connectivity index (χ0n) is 19.2. The molecular weight excluding hydrogens is 394 g/mol. The molecule has 1 aliphatic heterocycles. The molecular formula is C27H35N5. The zero-order valence-corrected chi connectivity index (χ0v) is 19.2. The fourth-order valence-electron chi connectivity index (χ4n) is 4.06. The molecule has 0 amide bonds. The number of anilines is 2. The number of benzene rings is 2. The van der Waals surface area contributed by atoms with Gasteiger partial charge in [0, 0.05) is 42.3 Å². The summed E-state index contributed by atoms with van der Waals surface area (Å²) < 4.78 is 0. The Hall–Kier alpha value is -3.44. The average molecular weight is 430 g/mol. The quantitative estimate of drug-likeness (QED) is 0.324. The smallest absolute Gasteiger partial charge is 0.0700 e. The third-order valence-corrected chi connectivity index (χ3v) is 6.04. The molecule has 0 radical (unpaired) electrons. The number of nitrogens with zero attached hydrogens (tertiary/aromatic N) is 2. The number of nitrogen functional groups attached to an aromatic ring is 1. The zero-order chi connectivity index (χ0) is 23.1. The predicted octanol–water partition coefficient (Wildman–Crippen LogP) is 4.60. The lowest BCUT2D eigenvalue weighted by Gasteiger charge is -2.31. The van der Waals surface area contributed by atoms with Gasteiger partial charge >= 0.3 is 0 Å². The third-order valence-electron chi connectivity index (χ3n) is 6.04. The van der Waals surface area contributed by atoms with Gasteiger partial charge in [-0.2, -0.15) is 0 Å². The highest BCUT2D eigenvalue weighted by Gasteiger charge is 2.17. The fraction of sp³-hybridized carbons (Fsp3) is 0.259. The molecule has 0 fully saturated rings. The van der Waals surface area contributed by atoms with E-state index in [0.29, 0.717) is 6.67 Å². The molecule has 1 aliphatic rings. The van der Waals surface area contributed by atoms with Crippen LogP contribution in [0.1, 0.15) is 36.5 Å². The van der Waals surface area contributed by atoms with Crippen molar-refractivity contribution < 1.29 is 0 Å². The van der Waals surface area contributed by atoms with Gasteiger partial charge in [0.15, 0.2) is 0 Å². The molecule has 32 heavy (non-hydrogen) atoms. The van der Waals surface area contributed by atoms with Gasteiger partial charge in [-0.05, 0) is 72.1 Å². The van der Waals surface area contributed by atoms with Crippen LogP contribution in [-0.2, 0) is 13.0 Å². The van der Waals surface area contributed by atoms with Crippen molar-refractivity contribution in [2.45, 2.75) is 32.7 Å². The number of rotatable bonds is 8. The number of hydrogen-bond acceptors (Lipinski definition) is 5. The average Bonchev–Trinajstić information content (AvgIpc) is 2.82. The van der Waals surface area contributed by atoms with Crippen molar-refractivity contribution >= 4 is 11.4 Å². The van der Waals surface area contributed by atoms with Gasteiger partial charge in [0.2, 0.25) is 0 Å². The Bertz CT molecular complexity index is 1030. The van der Waals surface area contributed by atoms with Crippen molar-refractivity contribution in [3.8, 4) is 0 Å². The Morgan fingerprint density at radius 1 is 1.19 bits per heavy atom. The number of nitrogens with two attached hydrogens (primary N) is 3. The maximum absolute atomic E-state index is 6.02. The number of allylic oxidation sites excluding steroid dienone is 4. The molecule has 0 aromatic heterocycles. The Kier molecular flexibility index (Phi) is 7.79. The first-order valence-electron chi connectivity index (χ1n) is 11.1. The van der Waals surface area contributed by atoms with Crippen LogP contribution in [0, 0.1) is 0 Å². The second-order valence-corrected chi connectivity index (χ2v) is 8.14. The Labute approximate surface area is 192 Å². The largest absolute Gasteiger partial charge is 0.404 e. The molecule has 0 bridgehead atoms. The van der Waals surface area contributed by atoms with Crippen molar-refractivity contribution in [3.63, 3.8) is 0 Å². The summed E-state index contributed by atoms with van der Waals surface area (Å²) in [4.78, 5) is 4.30. The molecule has 5 nitrogen and oxygen atoms in total. The van der Waals surface area contributed by atoms with Crippen molar-refractivity contribution in [1.82, 2.24) is 4.90 Å². The van der Waals surface area contributed by atoms with Crippen LogP contribution in [0.3, 0.4) is 0 Å². The highest BCUT2D eigenvalue weighted by Crippen LogP contribution is 2.29. The summed E-state index contributed by atoms with van der Waals surface area (Å²) >= 11 is 0. The van der Waals surface area contributed by atoms with Crippen LogP contribution in [0.25, 0.3) is 0 Å². The molecule has 1 unspecified atom stereocenters. The molecule has 1 heterocycles. The molecule has 3 rings (SSSR count). The molecule has 0 aliphatic carbocycles. The van der Waals surface area contributed by atoms with E-state index in [0.717, 1.165) is 42.2 Å². The van der Waals surface area contributed by atoms with Crippen LogP contribution < -0.4 is 22.1 Å². The second-order valence-electron chi connectivity index (χ2n) is 8.14. The summed E-state index contributed by atoms with van der Waals surface area (Å²) in [6.07, 6.45) is 10.8. The van der Waals surface area contributed by atoms with E-state index in [2.05, 4.69) is 67.0 Å². The minimum atomic E-state index is 0.135. The minimum Gasteiger partial charge on any atom is -0.404 e. The Morgan fingerprint density at radius 3 is 2.72 bits per heavy atom. The first-order valence-corrected chi connectivity index (χ1v) is 11.1. The van der Waals surface area contributed by atoms with Gasteiger partial charge in [-0.15, -0.1) is 0 Å². The monoisotopic (exact) mass is 429 g/mol. The summed E-state index contributed by atoms with van der Waals surface area (Å²) in [6, 6.07) is 14.6. The first-order chi connectivity index (χ1) is 15.5. The molecule has 2 aromatic rings. The lowest BCUT2D eigenvalue weighted by atomic mass is 9.92. The van der Waals surface area contributed by atoms with E-state index in [1.807, 2.05) is 30.2 Å². The lowest BCUT2D eigenvalue weighted by molar-refractivity contribution is 0.333. The van der Waals surface area contributed by atoms with Gasteiger partial charge in [0.1, 0.15) is 0 Å². The van der Waals surface area contributed by atoms with E-state index in [1.54, 1.807) is 6.20 Å². The Balaban J connectivity index is 1.72. The van der Waals surface area contributed by atoms with Crippen molar-refractivity contribution in [3.05, 3.63) is 108 Å². The maximum Gasteiger partial charge on any atom is 0.0700 e. The van der Waals surface area contributed by atoms with Crippen LogP contribution >= 0.6 is 0 Å². The Morgan fingerprint density at radius 2 is 2.00 bits per heavy atom. The summed E-state index contributed by atoms with van der Waals surface area (Å²) in [5, 5.41) is 0. The van der Waals surface area contributed by atoms with E-state index in [4.69, 9.17) is 17.2 Å². The highest BCUT2D eigenvalue weighted by atomic mass is 15.2. The summed E-state index contributed by atoms with van der Waals surface area (Å²) in [5.41, 5.74) is 25.6. The summed E-state index contributed by atoms with van der Waals surface area (Å²) in [6.45, 7) is 10.6. The van der Waals surface area contributed by atoms with Crippen LogP contribution in [0.5, 0.6) is 0 Å². The van der Waals surface area contributed by atoms with Crippen LogP contribution in [0.4, 0.5) is 11.4 Å². The van der Waals surface area contributed by atoms with Crippen molar-refractivity contribution in [2.24, 2.45) is 11.5 Å². The third kappa shape index (κ3) is 5.42. The molecule has 168 valence electrons. The van der Waals surface area contributed by atoms with Crippen molar-refractivity contribution in [1.29, 1.82) is 0 Å². The van der Waals surface area contributed by atoms with Gasteiger partial charge in [0.25, 0.3) is 0 Å². The van der Waals surface area contributed by atoms with Crippen LogP contribution in [0.15, 0.2) is 90.9 Å². The van der Waals surface area contributed by atoms with Gasteiger partial charge in [-0.3, -0.25) is 0 Å². The van der Waals surface area contributed by atoms with Gasteiger partial charge in [0.05, 0.1) is 6.67 Å². The minimum absolute atomic E-state index is 0.135. The van der Waals surface area contributed by atoms with Gasteiger partial charge in [-0.1, -0.05) is 43.9 Å². The SMILES string of the molecule is C=C(/C=C/C(=C\N)C(C)c1cccc(N(/C=C\C)CN)c1)N1CCc2ccc(N)cc2C1.